The van der Waals surface area contributed by atoms with Gasteiger partial charge in [-0.05, 0) is 18.9 Å². The second kappa shape index (κ2) is 6.47. The summed E-state index contributed by atoms with van der Waals surface area (Å²) in [7, 11) is 0. The first-order chi connectivity index (χ1) is 8.81. The van der Waals surface area contributed by atoms with Crippen molar-refractivity contribution in [1.82, 2.24) is 10.4 Å². The van der Waals surface area contributed by atoms with Gasteiger partial charge in [0.25, 0.3) is 0 Å². The molecule has 0 spiro atoms. The summed E-state index contributed by atoms with van der Waals surface area (Å²) in [6, 6.07) is 4.58. The first kappa shape index (κ1) is 13.0. The topological polar surface area (TPSA) is 72.4 Å². The molecule has 1 aliphatic rings. The maximum atomic E-state index is 11.2. The van der Waals surface area contributed by atoms with E-state index in [1.54, 1.807) is 6.20 Å². The minimum absolute atomic E-state index is 0.0852. The van der Waals surface area contributed by atoms with Crippen LogP contribution < -0.4 is 16.2 Å². The fraction of sp³-hybridized carbons (Fsp3) is 0.538. The van der Waals surface area contributed by atoms with Gasteiger partial charge in [0, 0.05) is 24.4 Å². The number of amides is 1. The molecule has 1 aromatic rings. The number of hydrogen-bond acceptors (Lipinski definition) is 3. The van der Waals surface area contributed by atoms with Gasteiger partial charge in [-0.2, -0.15) is 0 Å². The number of carbonyl (C=O) groups is 1. The number of carbonyl (C=O) groups excluding carboxylic acids is 1. The highest BCUT2D eigenvalue weighted by Crippen LogP contribution is 2.18. The van der Waals surface area contributed by atoms with Gasteiger partial charge in [-0.1, -0.05) is 6.07 Å². The quantitative estimate of drug-likeness (QED) is 0.385. The third-order valence-corrected chi connectivity index (χ3v) is 3.65. The van der Waals surface area contributed by atoms with E-state index in [-0.39, 0.29) is 5.91 Å². The summed E-state index contributed by atoms with van der Waals surface area (Å²) in [6.45, 7) is 1.96. The standard InChI is InChI=1S/C13H20N4O/c14-16-13(18)6-9-17-8-2-1-5-12(17)11-4-3-7-15-10-11/h3-4,7,10,12H,1-2,5-6,8-9,14H2,(H,16,18)/p+1/t12-/m0/s1. The van der Waals surface area contributed by atoms with Gasteiger partial charge in [0.05, 0.1) is 19.5 Å². The Bertz CT molecular complexity index is 382. The average Bonchev–Trinajstić information content (AvgIpc) is 2.46. The van der Waals surface area contributed by atoms with Gasteiger partial charge < -0.3 is 4.90 Å². The van der Waals surface area contributed by atoms with Gasteiger partial charge >= 0.3 is 0 Å². The summed E-state index contributed by atoms with van der Waals surface area (Å²) >= 11 is 0. The molecule has 1 aliphatic heterocycles. The Labute approximate surface area is 107 Å². The van der Waals surface area contributed by atoms with E-state index >= 15 is 0 Å². The molecule has 0 saturated carbocycles. The fourth-order valence-corrected chi connectivity index (χ4v) is 2.71. The maximum Gasteiger partial charge on any atom is 0.239 e. The summed E-state index contributed by atoms with van der Waals surface area (Å²) in [5.41, 5.74) is 3.47. The van der Waals surface area contributed by atoms with Crippen LogP contribution in [-0.2, 0) is 4.79 Å². The van der Waals surface area contributed by atoms with Crippen LogP contribution in [0.2, 0.25) is 0 Å². The van der Waals surface area contributed by atoms with Crippen LogP contribution in [0.15, 0.2) is 24.5 Å². The molecule has 2 rings (SSSR count). The third kappa shape index (κ3) is 3.27. The molecule has 0 aromatic carbocycles. The number of nitrogens with zero attached hydrogens (tertiary/aromatic N) is 1. The number of pyridine rings is 1. The SMILES string of the molecule is NNC(=O)CC[NH+]1CCCC[C@H]1c1cccnc1. The molecule has 0 bridgehead atoms. The molecule has 1 fully saturated rings. The van der Waals surface area contributed by atoms with E-state index in [4.69, 9.17) is 5.84 Å². The van der Waals surface area contributed by atoms with Crippen molar-refractivity contribution in [2.45, 2.75) is 31.7 Å². The number of nitrogens with two attached hydrogens (primary N) is 1. The number of piperidine rings is 1. The molecule has 5 heteroatoms. The summed E-state index contributed by atoms with van der Waals surface area (Å²) in [6.07, 6.45) is 7.89. The molecule has 5 nitrogen and oxygen atoms in total. The molecule has 4 N–H and O–H groups in total. The first-order valence-electron chi connectivity index (χ1n) is 6.55. The van der Waals surface area contributed by atoms with E-state index in [0.29, 0.717) is 12.5 Å². The normalized spacial score (nSPS) is 23.6. The Morgan fingerprint density at radius 1 is 1.56 bits per heavy atom. The van der Waals surface area contributed by atoms with E-state index in [1.165, 1.54) is 29.7 Å². The van der Waals surface area contributed by atoms with Gasteiger partial charge in [0.15, 0.2) is 0 Å². The van der Waals surface area contributed by atoms with E-state index in [0.717, 1.165) is 13.1 Å². The van der Waals surface area contributed by atoms with Gasteiger partial charge in [0.1, 0.15) is 6.04 Å². The van der Waals surface area contributed by atoms with Crippen LogP contribution in [0.25, 0.3) is 0 Å². The smallest absolute Gasteiger partial charge is 0.239 e. The lowest BCUT2D eigenvalue weighted by molar-refractivity contribution is -0.936. The highest BCUT2D eigenvalue weighted by Gasteiger charge is 2.27. The number of quaternary nitrogens is 1. The number of hydrazine groups is 1. The van der Waals surface area contributed by atoms with Crippen molar-refractivity contribution < 1.29 is 9.69 Å². The lowest BCUT2D eigenvalue weighted by atomic mass is 9.96. The summed E-state index contributed by atoms with van der Waals surface area (Å²) < 4.78 is 0. The minimum atomic E-state index is -0.0852. The van der Waals surface area contributed by atoms with Crippen LogP contribution in [0.3, 0.4) is 0 Å². The molecule has 0 aliphatic carbocycles. The molecule has 1 unspecified atom stereocenters. The maximum absolute atomic E-state index is 11.2. The highest BCUT2D eigenvalue weighted by atomic mass is 16.2. The molecular formula is C13H21N4O+. The lowest BCUT2D eigenvalue weighted by Gasteiger charge is -2.32. The van der Waals surface area contributed by atoms with Crippen molar-refractivity contribution in [3.63, 3.8) is 0 Å². The monoisotopic (exact) mass is 249 g/mol. The molecule has 2 heterocycles. The molecular weight excluding hydrogens is 228 g/mol. The molecule has 1 amide bonds. The summed E-state index contributed by atoms with van der Waals surface area (Å²) in [4.78, 5) is 16.9. The van der Waals surface area contributed by atoms with Crippen molar-refractivity contribution in [1.29, 1.82) is 0 Å². The Morgan fingerprint density at radius 3 is 3.17 bits per heavy atom. The Hall–Kier alpha value is -1.46. The number of hydrogen-bond donors (Lipinski definition) is 3. The van der Waals surface area contributed by atoms with Crippen LogP contribution in [0, 0.1) is 0 Å². The Kier molecular flexibility index (Phi) is 4.66. The number of aromatic nitrogens is 1. The van der Waals surface area contributed by atoms with Gasteiger partial charge in [0.2, 0.25) is 5.91 Å². The highest BCUT2D eigenvalue weighted by molar-refractivity contribution is 5.75. The van der Waals surface area contributed by atoms with Crippen LogP contribution in [-0.4, -0.2) is 24.0 Å². The molecule has 2 atom stereocenters. The Morgan fingerprint density at radius 2 is 2.44 bits per heavy atom. The zero-order valence-electron chi connectivity index (χ0n) is 10.6. The largest absolute Gasteiger partial charge is 0.328 e. The van der Waals surface area contributed by atoms with Crippen molar-refractivity contribution in [3.05, 3.63) is 30.1 Å². The molecule has 18 heavy (non-hydrogen) atoms. The van der Waals surface area contributed by atoms with Gasteiger partial charge in [-0.3, -0.25) is 15.2 Å². The lowest BCUT2D eigenvalue weighted by Crippen LogP contribution is -3.13. The van der Waals surface area contributed by atoms with Crippen LogP contribution in [0.5, 0.6) is 0 Å². The number of nitrogens with one attached hydrogen (secondary N) is 2. The van der Waals surface area contributed by atoms with Crippen molar-refractivity contribution in [2.75, 3.05) is 13.1 Å². The second-order valence-corrected chi connectivity index (χ2v) is 4.81. The van der Waals surface area contributed by atoms with E-state index < -0.39 is 0 Å². The molecule has 1 saturated heterocycles. The van der Waals surface area contributed by atoms with Crippen LogP contribution in [0.4, 0.5) is 0 Å². The Balaban J connectivity index is 2.00. The third-order valence-electron chi connectivity index (χ3n) is 3.65. The first-order valence-corrected chi connectivity index (χ1v) is 6.55. The van der Waals surface area contributed by atoms with Gasteiger partial charge in [-0.15, -0.1) is 0 Å². The summed E-state index contributed by atoms with van der Waals surface area (Å²) in [5, 5.41) is 0. The molecule has 1 aromatic heterocycles. The predicted octanol–water partition coefficient (Wildman–Crippen LogP) is -0.428. The van der Waals surface area contributed by atoms with E-state index in [2.05, 4.69) is 16.5 Å². The van der Waals surface area contributed by atoms with E-state index in [9.17, 15) is 4.79 Å². The number of rotatable bonds is 4. The van der Waals surface area contributed by atoms with Crippen molar-refractivity contribution in [3.8, 4) is 0 Å². The minimum Gasteiger partial charge on any atom is -0.328 e. The fourth-order valence-electron chi connectivity index (χ4n) is 2.71. The zero-order valence-corrected chi connectivity index (χ0v) is 10.6. The van der Waals surface area contributed by atoms with Crippen molar-refractivity contribution in [2.24, 2.45) is 5.84 Å². The van der Waals surface area contributed by atoms with Crippen molar-refractivity contribution >= 4 is 5.91 Å². The van der Waals surface area contributed by atoms with Crippen LogP contribution in [0.1, 0.15) is 37.3 Å². The molecule has 98 valence electrons. The second-order valence-electron chi connectivity index (χ2n) is 4.81. The zero-order chi connectivity index (χ0) is 12.8. The van der Waals surface area contributed by atoms with Crippen LogP contribution >= 0.6 is 0 Å². The van der Waals surface area contributed by atoms with Gasteiger partial charge in [-0.25, -0.2) is 5.84 Å². The summed E-state index contributed by atoms with van der Waals surface area (Å²) in [5.74, 6) is 5.03. The average molecular weight is 249 g/mol. The molecule has 0 radical (unpaired) electrons. The predicted molar refractivity (Wildman–Crippen MR) is 68.5 cm³/mol. The van der Waals surface area contributed by atoms with E-state index in [1.807, 2.05) is 12.3 Å². The number of likely N-dealkylation sites (tertiary alicyclic amines) is 1.